The summed E-state index contributed by atoms with van der Waals surface area (Å²) in [6.45, 7) is 2.20. The molecule has 0 radical (unpaired) electrons. The molecule has 136 valence electrons. The fourth-order valence-corrected chi connectivity index (χ4v) is 3.50. The van der Waals surface area contributed by atoms with Gasteiger partial charge in [0.1, 0.15) is 5.75 Å². The van der Waals surface area contributed by atoms with Gasteiger partial charge in [-0.1, -0.05) is 29.3 Å². The van der Waals surface area contributed by atoms with Crippen LogP contribution in [0.15, 0.2) is 36.4 Å². The zero-order valence-electron chi connectivity index (χ0n) is 14.4. The molecule has 2 amide bonds. The topological polar surface area (TPSA) is 58.6 Å². The standard InChI is InChI=1S/C19H18Cl2N2O3/c1-11-3-4-17(26-2)16(5-11)22-19(25)12-6-18(24)23(10-12)15-8-13(20)7-14(21)9-15/h3-5,7-9,12H,6,10H2,1-2H3,(H,22,25). The molecule has 2 aromatic rings. The summed E-state index contributed by atoms with van der Waals surface area (Å²) < 4.78 is 5.28. The number of anilines is 2. The van der Waals surface area contributed by atoms with Crippen molar-refractivity contribution in [3.05, 3.63) is 52.0 Å². The van der Waals surface area contributed by atoms with Crippen LogP contribution in [-0.2, 0) is 9.59 Å². The highest BCUT2D eigenvalue weighted by atomic mass is 35.5. The fraction of sp³-hybridized carbons (Fsp3) is 0.263. The zero-order valence-corrected chi connectivity index (χ0v) is 15.9. The molecule has 1 aliphatic heterocycles. The van der Waals surface area contributed by atoms with Gasteiger partial charge in [-0.2, -0.15) is 0 Å². The lowest BCUT2D eigenvalue weighted by Gasteiger charge is -2.18. The second-order valence-corrected chi connectivity index (χ2v) is 7.10. The molecule has 1 N–H and O–H groups in total. The molecule has 0 saturated carbocycles. The van der Waals surface area contributed by atoms with Crippen LogP contribution in [0.25, 0.3) is 0 Å². The summed E-state index contributed by atoms with van der Waals surface area (Å²) in [5.74, 6) is -0.255. The highest BCUT2D eigenvalue weighted by molar-refractivity contribution is 6.35. The average Bonchev–Trinajstić information content (AvgIpc) is 2.96. The van der Waals surface area contributed by atoms with Crippen LogP contribution in [-0.4, -0.2) is 25.5 Å². The quantitative estimate of drug-likeness (QED) is 0.843. The van der Waals surface area contributed by atoms with Crippen molar-refractivity contribution < 1.29 is 14.3 Å². The molecule has 1 atom stereocenters. The van der Waals surface area contributed by atoms with Gasteiger partial charge in [0, 0.05) is 28.7 Å². The Labute approximate surface area is 161 Å². The molecule has 0 bridgehead atoms. The van der Waals surface area contributed by atoms with E-state index in [9.17, 15) is 9.59 Å². The Morgan fingerprint density at radius 3 is 2.54 bits per heavy atom. The Kier molecular flexibility index (Phi) is 5.39. The number of nitrogens with zero attached hydrogens (tertiary/aromatic N) is 1. The van der Waals surface area contributed by atoms with Gasteiger partial charge in [-0.25, -0.2) is 0 Å². The Balaban J connectivity index is 1.76. The van der Waals surface area contributed by atoms with Crippen LogP contribution in [0.4, 0.5) is 11.4 Å². The van der Waals surface area contributed by atoms with Crippen LogP contribution in [0.2, 0.25) is 10.0 Å². The van der Waals surface area contributed by atoms with Crippen molar-refractivity contribution in [3.63, 3.8) is 0 Å². The lowest BCUT2D eigenvalue weighted by atomic mass is 10.1. The molecule has 7 heteroatoms. The fourth-order valence-electron chi connectivity index (χ4n) is 2.98. The second kappa shape index (κ2) is 7.56. The molecule has 0 spiro atoms. The molecular formula is C19H18Cl2N2O3. The summed E-state index contributed by atoms with van der Waals surface area (Å²) in [5.41, 5.74) is 2.18. The summed E-state index contributed by atoms with van der Waals surface area (Å²) in [7, 11) is 1.55. The maximum absolute atomic E-state index is 12.7. The summed E-state index contributed by atoms with van der Waals surface area (Å²) in [6.07, 6.45) is 0.129. The van der Waals surface area contributed by atoms with Gasteiger partial charge < -0.3 is 15.0 Å². The number of amides is 2. The molecule has 2 aromatic carbocycles. The van der Waals surface area contributed by atoms with E-state index in [4.69, 9.17) is 27.9 Å². The van der Waals surface area contributed by atoms with E-state index in [1.54, 1.807) is 31.4 Å². The van der Waals surface area contributed by atoms with E-state index in [0.29, 0.717) is 27.2 Å². The maximum Gasteiger partial charge on any atom is 0.229 e. The van der Waals surface area contributed by atoms with Gasteiger partial charge in [-0.15, -0.1) is 0 Å². The molecule has 5 nitrogen and oxygen atoms in total. The Hall–Kier alpha value is -2.24. The summed E-state index contributed by atoms with van der Waals surface area (Å²) in [4.78, 5) is 26.6. The van der Waals surface area contributed by atoms with Crippen molar-refractivity contribution in [2.75, 3.05) is 23.9 Å². The SMILES string of the molecule is COc1ccc(C)cc1NC(=O)C1CC(=O)N(c2cc(Cl)cc(Cl)c2)C1. The predicted octanol–water partition coefficient (Wildman–Crippen LogP) is 4.30. The van der Waals surface area contributed by atoms with Crippen molar-refractivity contribution in [2.45, 2.75) is 13.3 Å². The summed E-state index contributed by atoms with van der Waals surface area (Å²) in [5, 5.41) is 3.75. The van der Waals surface area contributed by atoms with Crippen molar-refractivity contribution in [1.82, 2.24) is 0 Å². The highest BCUT2D eigenvalue weighted by Crippen LogP contribution is 2.32. The van der Waals surface area contributed by atoms with Crippen molar-refractivity contribution >= 4 is 46.4 Å². The monoisotopic (exact) mass is 392 g/mol. The van der Waals surface area contributed by atoms with Crippen molar-refractivity contribution in [1.29, 1.82) is 0 Å². The van der Waals surface area contributed by atoms with Gasteiger partial charge >= 0.3 is 0 Å². The first-order valence-corrected chi connectivity index (χ1v) is 8.85. The van der Waals surface area contributed by atoms with Gasteiger partial charge in [0.2, 0.25) is 11.8 Å². The third-order valence-electron chi connectivity index (χ3n) is 4.27. The zero-order chi connectivity index (χ0) is 18.8. The van der Waals surface area contributed by atoms with Gasteiger partial charge in [-0.05, 0) is 42.8 Å². The molecular weight excluding hydrogens is 375 g/mol. The minimum Gasteiger partial charge on any atom is -0.495 e. The van der Waals surface area contributed by atoms with Crippen LogP contribution in [0.3, 0.4) is 0 Å². The van der Waals surface area contributed by atoms with Crippen LogP contribution in [0, 0.1) is 12.8 Å². The highest BCUT2D eigenvalue weighted by Gasteiger charge is 2.35. The Morgan fingerprint density at radius 2 is 1.88 bits per heavy atom. The number of rotatable bonds is 4. The van der Waals surface area contributed by atoms with Crippen LogP contribution in [0.1, 0.15) is 12.0 Å². The minimum atomic E-state index is -0.467. The third kappa shape index (κ3) is 3.94. The Bertz CT molecular complexity index is 850. The number of halogens is 2. The van der Waals surface area contributed by atoms with E-state index in [0.717, 1.165) is 5.56 Å². The number of hydrogen-bond acceptors (Lipinski definition) is 3. The van der Waals surface area contributed by atoms with E-state index >= 15 is 0 Å². The lowest BCUT2D eigenvalue weighted by Crippen LogP contribution is -2.28. The average molecular weight is 393 g/mol. The molecule has 26 heavy (non-hydrogen) atoms. The number of aryl methyl sites for hydroxylation is 1. The van der Waals surface area contributed by atoms with E-state index in [-0.39, 0.29) is 24.8 Å². The summed E-state index contributed by atoms with van der Waals surface area (Å²) in [6, 6.07) is 10.5. The largest absolute Gasteiger partial charge is 0.495 e. The molecule has 3 rings (SSSR count). The summed E-state index contributed by atoms with van der Waals surface area (Å²) >= 11 is 12.0. The number of ether oxygens (including phenoxy) is 1. The second-order valence-electron chi connectivity index (χ2n) is 6.23. The van der Waals surface area contributed by atoms with E-state index in [2.05, 4.69) is 5.32 Å². The number of benzene rings is 2. The van der Waals surface area contributed by atoms with Crippen LogP contribution in [0.5, 0.6) is 5.75 Å². The van der Waals surface area contributed by atoms with Gasteiger partial charge in [0.25, 0.3) is 0 Å². The lowest BCUT2D eigenvalue weighted by molar-refractivity contribution is -0.122. The minimum absolute atomic E-state index is 0.129. The Morgan fingerprint density at radius 1 is 1.19 bits per heavy atom. The number of hydrogen-bond donors (Lipinski definition) is 1. The number of methoxy groups -OCH3 is 1. The molecule has 1 saturated heterocycles. The number of carbonyl (C=O) groups excluding carboxylic acids is 2. The van der Waals surface area contributed by atoms with Crippen LogP contribution < -0.4 is 15.0 Å². The molecule has 1 aliphatic rings. The molecule has 1 heterocycles. The van der Waals surface area contributed by atoms with Crippen molar-refractivity contribution in [3.8, 4) is 5.75 Å². The van der Waals surface area contributed by atoms with E-state index in [1.807, 2.05) is 19.1 Å². The molecule has 0 aliphatic carbocycles. The molecule has 1 fully saturated rings. The third-order valence-corrected chi connectivity index (χ3v) is 4.70. The predicted molar refractivity (Wildman–Crippen MR) is 103 cm³/mol. The van der Waals surface area contributed by atoms with E-state index < -0.39 is 5.92 Å². The number of nitrogens with one attached hydrogen (secondary N) is 1. The van der Waals surface area contributed by atoms with Gasteiger partial charge in [0.05, 0.1) is 18.7 Å². The van der Waals surface area contributed by atoms with E-state index in [1.165, 1.54) is 4.90 Å². The van der Waals surface area contributed by atoms with Crippen molar-refractivity contribution in [2.24, 2.45) is 5.92 Å². The van der Waals surface area contributed by atoms with Gasteiger partial charge in [0.15, 0.2) is 0 Å². The first kappa shape index (κ1) is 18.5. The van der Waals surface area contributed by atoms with Crippen LogP contribution >= 0.6 is 23.2 Å². The molecule has 0 aromatic heterocycles. The first-order chi connectivity index (χ1) is 12.4. The molecule has 1 unspecified atom stereocenters. The number of carbonyl (C=O) groups is 2. The first-order valence-electron chi connectivity index (χ1n) is 8.09. The maximum atomic E-state index is 12.7. The van der Waals surface area contributed by atoms with Gasteiger partial charge in [-0.3, -0.25) is 9.59 Å². The normalized spacial score (nSPS) is 16.7. The smallest absolute Gasteiger partial charge is 0.229 e.